The summed E-state index contributed by atoms with van der Waals surface area (Å²) in [5.74, 6) is 1.31. The molecule has 1 saturated heterocycles. The fraction of sp³-hybridized carbons (Fsp3) is 0.913. The van der Waals surface area contributed by atoms with Crippen LogP contribution in [0.3, 0.4) is 0 Å². The first-order valence-corrected chi connectivity index (χ1v) is 13.5. The molecule has 7 heteroatoms. The van der Waals surface area contributed by atoms with Crippen molar-refractivity contribution in [1.29, 1.82) is 0 Å². The molecule has 6 nitrogen and oxygen atoms in total. The lowest BCUT2D eigenvalue weighted by Gasteiger charge is -2.55. The first-order valence-electron chi connectivity index (χ1n) is 11.6. The molecule has 2 amide bonds. The number of carbonyl (C=O) groups is 2. The fourth-order valence-electron chi connectivity index (χ4n) is 6.28. The van der Waals surface area contributed by atoms with Crippen molar-refractivity contribution in [3.05, 3.63) is 0 Å². The molecular formula is C23H40N2O4S. The number of fused-ring (bicyclic) bond motifs is 1. The van der Waals surface area contributed by atoms with Crippen LogP contribution in [0.1, 0.15) is 79.6 Å². The lowest BCUT2D eigenvalue weighted by molar-refractivity contribution is -0.159. The Morgan fingerprint density at radius 3 is 1.97 bits per heavy atom. The number of nitrogens with zero attached hydrogens (tertiary/aromatic N) is 2. The largest absolute Gasteiger partial charge is 0.335 e. The van der Waals surface area contributed by atoms with Gasteiger partial charge in [0.05, 0.1) is 17.3 Å². The van der Waals surface area contributed by atoms with E-state index >= 15 is 0 Å². The molecule has 3 rings (SSSR count). The number of piperazine rings is 1. The van der Waals surface area contributed by atoms with Gasteiger partial charge in [0, 0.05) is 31.2 Å². The van der Waals surface area contributed by atoms with Gasteiger partial charge >= 0.3 is 0 Å². The van der Waals surface area contributed by atoms with Crippen molar-refractivity contribution in [3.8, 4) is 0 Å². The minimum Gasteiger partial charge on any atom is -0.335 e. The third kappa shape index (κ3) is 4.71. The van der Waals surface area contributed by atoms with Gasteiger partial charge in [-0.1, -0.05) is 20.8 Å². The Hall–Kier alpha value is -1.11. The van der Waals surface area contributed by atoms with Crippen molar-refractivity contribution in [3.63, 3.8) is 0 Å². The van der Waals surface area contributed by atoms with Crippen molar-refractivity contribution in [2.75, 3.05) is 12.8 Å². The Bertz CT molecular complexity index is 765. The van der Waals surface area contributed by atoms with Crippen LogP contribution >= 0.6 is 0 Å². The summed E-state index contributed by atoms with van der Waals surface area (Å²) in [7, 11) is -2.96. The summed E-state index contributed by atoms with van der Waals surface area (Å²) >= 11 is 0. The fourth-order valence-corrected chi connectivity index (χ4v) is 7.41. The van der Waals surface area contributed by atoms with Crippen molar-refractivity contribution in [2.45, 2.75) is 103 Å². The number of sulfone groups is 1. The maximum Gasteiger partial charge on any atom is 0.228 e. The van der Waals surface area contributed by atoms with E-state index in [4.69, 9.17) is 0 Å². The number of amides is 2. The molecule has 0 bridgehead atoms. The monoisotopic (exact) mass is 440 g/mol. The zero-order valence-corrected chi connectivity index (χ0v) is 20.4. The molecule has 0 aromatic carbocycles. The Kier molecular flexibility index (Phi) is 6.62. The zero-order chi connectivity index (χ0) is 22.4. The molecule has 0 aromatic heterocycles. The molecule has 0 spiro atoms. The summed E-state index contributed by atoms with van der Waals surface area (Å²) in [5, 5.41) is -0.187. The zero-order valence-electron chi connectivity index (χ0n) is 19.6. The predicted molar refractivity (Wildman–Crippen MR) is 119 cm³/mol. The van der Waals surface area contributed by atoms with E-state index < -0.39 is 15.3 Å². The Balaban J connectivity index is 1.78. The summed E-state index contributed by atoms with van der Waals surface area (Å²) in [6.45, 7) is 10.2. The van der Waals surface area contributed by atoms with Crippen molar-refractivity contribution in [1.82, 2.24) is 9.80 Å². The summed E-state index contributed by atoms with van der Waals surface area (Å²) in [6, 6.07) is 0.209. The molecule has 3 unspecified atom stereocenters. The highest BCUT2D eigenvalue weighted by atomic mass is 32.2. The van der Waals surface area contributed by atoms with Gasteiger partial charge in [0.2, 0.25) is 11.8 Å². The Morgan fingerprint density at radius 1 is 0.900 bits per heavy atom. The molecule has 30 heavy (non-hydrogen) atoms. The van der Waals surface area contributed by atoms with E-state index in [1.54, 1.807) is 6.92 Å². The topological polar surface area (TPSA) is 74.8 Å². The normalized spacial score (nSPS) is 35.7. The van der Waals surface area contributed by atoms with Crippen LogP contribution in [0.25, 0.3) is 0 Å². The second-order valence-corrected chi connectivity index (χ2v) is 13.4. The average Bonchev–Trinajstić information content (AvgIpc) is 2.64. The third-order valence-electron chi connectivity index (χ3n) is 7.77. The van der Waals surface area contributed by atoms with Gasteiger partial charge in [0.15, 0.2) is 0 Å². The van der Waals surface area contributed by atoms with Crippen LogP contribution in [0, 0.1) is 17.3 Å². The molecule has 0 N–H and O–H groups in total. The minimum absolute atomic E-state index is 0.0387. The average molecular weight is 441 g/mol. The SMILES string of the molecule is CC(=O)N1C2CCC(C3CCC(S(C)(=O)=O)CC3)CC2N(C(=O)C(C)(C)C)C[C@@H]1C. The van der Waals surface area contributed by atoms with E-state index in [1.807, 2.05) is 25.7 Å². The number of carbonyl (C=O) groups excluding carboxylic acids is 2. The highest BCUT2D eigenvalue weighted by molar-refractivity contribution is 7.91. The second-order valence-electron chi connectivity index (χ2n) is 11.1. The molecule has 0 radical (unpaired) electrons. The van der Waals surface area contributed by atoms with Crippen LogP contribution < -0.4 is 0 Å². The Morgan fingerprint density at radius 2 is 1.47 bits per heavy atom. The summed E-state index contributed by atoms with van der Waals surface area (Å²) in [4.78, 5) is 29.8. The third-order valence-corrected chi connectivity index (χ3v) is 9.45. The molecule has 1 aliphatic heterocycles. The van der Waals surface area contributed by atoms with Gasteiger partial charge in [0.25, 0.3) is 0 Å². The van der Waals surface area contributed by atoms with Crippen LogP contribution in [-0.4, -0.2) is 66.2 Å². The van der Waals surface area contributed by atoms with E-state index in [0.29, 0.717) is 18.4 Å². The van der Waals surface area contributed by atoms with Gasteiger partial charge in [0.1, 0.15) is 9.84 Å². The smallest absolute Gasteiger partial charge is 0.228 e. The van der Waals surface area contributed by atoms with Gasteiger partial charge in [-0.05, 0) is 63.7 Å². The van der Waals surface area contributed by atoms with Gasteiger partial charge in [-0.3, -0.25) is 9.59 Å². The molecule has 4 atom stereocenters. The van der Waals surface area contributed by atoms with Crippen LogP contribution in [-0.2, 0) is 19.4 Å². The quantitative estimate of drug-likeness (QED) is 0.661. The molecule has 3 aliphatic rings. The highest BCUT2D eigenvalue weighted by Gasteiger charge is 2.49. The number of rotatable bonds is 2. The highest BCUT2D eigenvalue weighted by Crippen LogP contribution is 2.44. The first kappa shape index (κ1) is 23.6. The molecule has 1 heterocycles. The van der Waals surface area contributed by atoms with E-state index in [0.717, 1.165) is 44.9 Å². The molecular weight excluding hydrogens is 400 g/mol. The van der Waals surface area contributed by atoms with Crippen molar-refractivity contribution < 1.29 is 18.0 Å². The van der Waals surface area contributed by atoms with Crippen molar-refractivity contribution in [2.24, 2.45) is 17.3 Å². The van der Waals surface area contributed by atoms with E-state index in [-0.39, 0.29) is 35.2 Å². The van der Waals surface area contributed by atoms with E-state index in [2.05, 4.69) is 11.8 Å². The van der Waals surface area contributed by atoms with E-state index in [9.17, 15) is 18.0 Å². The predicted octanol–water partition coefficient (Wildman–Crippen LogP) is 3.25. The standard InChI is InChI=1S/C23H40N2O4S/c1-15-14-24(22(27)23(3,4)5)21-13-18(9-12-20(21)25(15)16(2)26)17-7-10-19(11-8-17)30(6,28)29/h15,17-21H,7-14H2,1-6H3/t15-,17?,18?,19?,20?,21?/m0/s1. The molecule has 2 aliphatic carbocycles. The molecule has 2 saturated carbocycles. The van der Waals surface area contributed by atoms with Crippen LogP contribution in [0.5, 0.6) is 0 Å². The molecule has 172 valence electrons. The lowest BCUT2D eigenvalue weighted by Crippen LogP contribution is -2.68. The first-order chi connectivity index (χ1) is 13.8. The number of hydrogen-bond acceptors (Lipinski definition) is 4. The second kappa shape index (κ2) is 8.44. The number of hydrogen-bond donors (Lipinski definition) is 0. The summed E-state index contributed by atoms with van der Waals surface area (Å²) in [6.07, 6.45) is 7.71. The van der Waals surface area contributed by atoms with Gasteiger partial charge in [-0.25, -0.2) is 8.42 Å². The summed E-state index contributed by atoms with van der Waals surface area (Å²) in [5.41, 5.74) is -0.441. The summed E-state index contributed by atoms with van der Waals surface area (Å²) < 4.78 is 23.8. The lowest BCUT2D eigenvalue weighted by atomic mass is 9.69. The molecule has 0 aromatic rings. The van der Waals surface area contributed by atoms with Crippen molar-refractivity contribution >= 4 is 21.7 Å². The van der Waals surface area contributed by atoms with Gasteiger partial charge < -0.3 is 9.80 Å². The minimum atomic E-state index is -2.96. The van der Waals surface area contributed by atoms with Gasteiger partial charge in [-0.15, -0.1) is 0 Å². The van der Waals surface area contributed by atoms with Crippen LogP contribution in [0.15, 0.2) is 0 Å². The van der Waals surface area contributed by atoms with E-state index in [1.165, 1.54) is 6.26 Å². The maximum absolute atomic E-state index is 13.3. The maximum atomic E-state index is 13.3. The Labute approximate surface area is 182 Å². The van der Waals surface area contributed by atoms with Crippen LogP contribution in [0.4, 0.5) is 0 Å². The molecule has 3 fully saturated rings. The van der Waals surface area contributed by atoms with Gasteiger partial charge in [-0.2, -0.15) is 0 Å². The van der Waals surface area contributed by atoms with Crippen LogP contribution in [0.2, 0.25) is 0 Å².